The minimum atomic E-state index is -0.0995. The Morgan fingerprint density at radius 2 is 0.384 bits per heavy atom. The van der Waals surface area contributed by atoms with Crippen LogP contribution in [0.25, 0.3) is 0 Å². The maximum atomic E-state index is 12.8. The highest BCUT2D eigenvalue weighted by molar-refractivity contribution is 5.31. The molecule has 0 saturated heterocycles. The lowest BCUT2D eigenvalue weighted by Crippen LogP contribution is -1.90. The lowest BCUT2D eigenvalue weighted by atomic mass is 9.99. The topological polar surface area (TPSA) is 0 Å². The maximum absolute atomic E-state index is 12.8. The first kappa shape index (κ1) is 89.1. The van der Waals surface area contributed by atoms with Crippen molar-refractivity contribution >= 4 is 0 Å². The van der Waals surface area contributed by atoms with Gasteiger partial charge in [-0.15, -0.1) is 0 Å². The fraction of sp³-hybridized carbons (Fsp3) is 0.388. The number of hydrogen-bond acceptors (Lipinski definition) is 0. The second kappa shape index (κ2) is 49.6. The average molecular weight is 1330 g/mol. The molecule has 0 radical (unpaired) electrons. The molecule has 0 unspecified atom stereocenters. The van der Waals surface area contributed by atoms with Crippen LogP contribution in [0.2, 0.25) is 0 Å². The molecule has 0 heterocycles. The Morgan fingerprint density at radius 1 is 0.172 bits per heavy atom. The first-order valence-corrected chi connectivity index (χ1v) is 36.9. The Bertz CT molecular complexity index is 3290. The van der Waals surface area contributed by atoms with Gasteiger partial charge < -0.3 is 0 Å². The summed E-state index contributed by atoms with van der Waals surface area (Å²) in [5, 5.41) is 0. The molecule has 10 aromatic rings. The zero-order chi connectivity index (χ0) is 74.7. The highest BCUT2D eigenvalue weighted by atomic mass is 19.1. The summed E-state index contributed by atoms with van der Waals surface area (Å²) >= 11 is 0. The van der Waals surface area contributed by atoms with E-state index in [1.807, 2.05) is 32.0 Å². The van der Waals surface area contributed by atoms with Gasteiger partial charge in [-0.1, -0.05) is 415 Å². The van der Waals surface area contributed by atoms with Gasteiger partial charge in [0, 0.05) is 0 Å². The number of aryl methyl sites for hydroxylation is 8. The molecule has 10 aromatic carbocycles. The first-order valence-electron chi connectivity index (χ1n) is 36.9. The predicted octanol–water partition coefficient (Wildman–Crippen LogP) is 30.7. The van der Waals surface area contributed by atoms with Gasteiger partial charge in [0.1, 0.15) is 5.82 Å². The highest BCUT2D eigenvalue weighted by Gasteiger charge is 2.05. The van der Waals surface area contributed by atoms with Gasteiger partial charge in [-0.05, 0) is 187 Å². The SMILES string of the molecule is CC(C)c1ccccc1.CC(C)c1ccccc1F.Cc1ccc(C(C)C)cc1.Cc1ccc(C(C)C)cc1.Cc1ccc(C(C)C)cc1.Cc1cccc(C(C)C)c1.Cc1cccc(C(C)C)c1.Cc1cccc(C(C)C)c1.Cc1ccccc1C(C)C.Cc1ccccc1C(C)C. The van der Waals surface area contributed by atoms with Crippen LogP contribution in [0.3, 0.4) is 0 Å². The average Bonchev–Trinajstić information content (AvgIpc) is 1.06. The Kier molecular flexibility index (Phi) is 44.7. The largest absolute Gasteiger partial charge is 0.207 e. The Morgan fingerprint density at radius 3 is 0.566 bits per heavy atom. The van der Waals surface area contributed by atoms with Gasteiger partial charge in [-0.25, -0.2) is 4.39 Å². The summed E-state index contributed by atoms with van der Waals surface area (Å²) in [4.78, 5) is 0. The monoisotopic (exact) mass is 1330 g/mol. The van der Waals surface area contributed by atoms with E-state index in [1.54, 1.807) is 6.07 Å². The summed E-state index contributed by atoms with van der Waals surface area (Å²) in [6.07, 6.45) is 0. The van der Waals surface area contributed by atoms with Gasteiger partial charge in [-0.3, -0.25) is 0 Å². The van der Waals surface area contributed by atoms with E-state index in [-0.39, 0.29) is 11.7 Å². The van der Waals surface area contributed by atoms with Crippen LogP contribution in [0.1, 0.15) is 298 Å². The summed E-state index contributed by atoms with van der Waals surface area (Å²) in [5.74, 6) is 6.06. The van der Waals surface area contributed by atoms with Gasteiger partial charge in [0.2, 0.25) is 0 Å². The van der Waals surface area contributed by atoms with Crippen LogP contribution >= 0.6 is 0 Å². The maximum Gasteiger partial charge on any atom is 0.126 e. The van der Waals surface area contributed by atoms with E-state index in [4.69, 9.17) is 0 Å². The van der Waals surface area contributed by atoms with Crippen molar-refractivity contribution in [3.05, 3.63) is 355 Å². The molecule has 10 rings (SSSR count). The molecule has 0 spiro atoms. The van der Waals surface area contributed by atoms with E-state index < -0.39 is 0 Å². The number of benzene rings is 10. The van der Waals surface area contributed by atoms with Gasteiger partial charge in [-0.2, -0.15) is 0 Å². The molecule has 0 aromatic heterocycles. The lowest BCUT2D eigenvalue weighted by Gasteiger charge is -2.07. The van der Waals surface area contributed by atoms with Crippen molar-refractivity contribution in [2.24, 2.45) is 0 Å². The van der Waals surface area contributed by atoms with E-state index in [0.717, 1.165) is 5.56 Å². The fourth-order valence-electron chi connectivity index (χ4n) is 10.2. The smallest absolute Gasteiger partial charge is 0.126 e. The number of halogens is 1. The second-order valence-corrected chi connectivity index (χ2v) is 29.7. The second-order valence-electron chi connectivity index (χ2n) is 29.7. The third kappa shape index (κ3) is 39.5. The Labute approximate surface area is 608 Å². The van der Waals surface area contributed by atoms with Crippen LogP contribution in [0.5, 0.6) is 0 Å². The van der Waals surface area contributed by atoms with Crippen molar-refractivity contribution in [2.75, 3.05) is 0 Å². The molecule has 0 nitrogen and oxygen atoms in total. The van der Waals surface area contributed by atoms with E-state index in [1.165, 1.54) is 101 Å². The van der Waals surface area contributed by atoms with Crippen LogP contribution in [0.15, 0.2) is 249 Å². The summed E-state index contributed by atoms with van der Waals surface area (Å²) in [6, 6.07) is 86.6. The minimum Gasteiger partial charge on any atom is -0.207 e. The third-order valence-electron chi connectivity index (χ3n) is 17.0. The molecule has 534 valence electrons. The molecule has 0 bridgehead atoms. The molecule has 0 saturated carbocycles. The van der Waals surface area contributed by atoms with Crippen molar-refractivity contribution in [2.45, 2.75) is 253 Å². The molecule has 0 aliphatic rings. The van der Waals surface area contributed by atoms with Gasteiger partial charge in [0.05, 0.1) is 0 Å². The van der Waals surface area contributed by atoms with E-state index in [2.05, 4.69) is 398 Å². The standard InChI is InChI=1S/8C10H14.C9H11F.C9H12/c3*1-8(2)10-6-4-9(3)5-7-10;3*1-8(2)10-6-4-5-9(3)7-10;2*1-8(2)10-7-5-4-6-9(10)3;1-7(2)8-5-3-4-6-9(8)10;1-8(2)9-6-4-3-5-7-9/h8*4-8H,1-3H3;3-7H,1-2H3;3-8H,1-2H3. The van der Waals surface area contributed by atoms with Crippen molar-refractivity contribution in [3.63, 3.8) is 0 Å². The minimum absolute atomic E-state index is 0.0995. The molecule has 0 fully saturated rings. The van der Waals surface area contributed by atoms with Gasteiger partial charge >= 0.3 is 0 Å². The van der Waals surface area contributed by atoms with Crippen LogP contribution < -0.4 is 0 Å². The molecule has 1 heteroatoms. The fourth-order valence-corrected chi connectivity index (χ4v) is 10.2. The zero-order valence-corrected chi connectivity index (χ0v) is 67.3. The first-order chi connectivity index (χ1) is 46.6. The van der Waals surface area contributed by atoms with Crippen molar-refractivity contribution in [1.82, 2.24) is 0 Å². The molecule has 0 N–H and O–H groups in total. The molecule has 0 aliphatic heterocycles. The summed E-state index contributed by atoms with van der Waals surface area (Å²) in [7, 11) is 0. The summed E-state index contributed by atoms with van der Waals surface area (Å²) in [5.41, 5.74) is 24.6. The Hall–Kier alpha value is -7.87. The van der Waals surface area contributed by atoms with Crippen LogP contribution in [-0.4, -0.2) is 0 Å². The number of hydrogen-bond donors (Lipinski definition) is 0. The Balaban J connectivity index is 0.000000550. The predicted molar refractivity (Wildman–Crippen MR) is 443 cm³/mol. The molecular weight excluding hydrogens is 1200 g/mol. The van der Waals surface area contributed by atoms with E-state index in [0.29, 0.717) is 53.3 Å². The van der Waals surface area contributed by atoms with Crippen LogP contribution in [0.4, 0.5) is 4.39 Å². The number of rotatable bonds is 10. The third-order valence-corrected chi connectivity index (χ3v) is 17.0. The highest BCUT2D eigenvalue weighted by Crippen LogP contribution is 2.22. The van der Waals surface area contributed by atoms with Crippen molar-refractivity contribution < 1.29 is 4.39 Å². The van der Waals surface area contributed by atoms with E-state index >= 15 is 0 Å². The van der Waals surface area contributed by atoms with Crippen molar-refractivity contribution in [1.29, 1.82) is 0 Å². The quantitative estimate of drug-likeness (QED) is 0.128. The van der Waals surface area contributed by atoms with Crippen LogP contribution in [-0.2, 0) is 0 Å². The lowest BCUT2D eigenvalue weighted by molar-refractivity contribution is 0.598. The van der Waals surface area contributed by atoms with Crippen LogP contribution in [0, 0.1) is 61.2 Å². The molecule has 0 atom stereocenters. The molecule has 99 heavy (non-hydrogen) atoms. The molecule has 0 amide bonds. The van der Waals surface area contributed by atoms with E-state index in [9.17, 15) is 4.39 Å². The molecular formula is C98H135F. The molecule has 0 aliphatic carbocycles. The summed E-state index contributed by atoms with van der Waals surface area (Å²) < 4.78 is 12.8. The van der Waals surface area contributed by atoms with Gasteiger partial charge in [0.15, 0.2) is 0 Å². The zero-order valence-electron chi connectivity index (χ0n) is 67.3. The normalized spacial score (nSPS) is 10.4. The van der Waals surface area contributed by atoms with Gasteiger partial charge in [0.25, 0.3) is 0 Å². The van der Waals surface area contributed by atoms with Crippen molar-refractivity contribution in [3.8, 4) is 0 Å². The summed E-state index contributed by atoms with van der Waals surface area (Å²) in [6.45, 7) is 60.9.